The van der Waals surface area contributed by atoms with Gasteiger partial charge in [0.15, 0.2) is 0 Å². The topological polar surface area (TPSA) is 75.4 Å². The SMILES string of the molecule is CCCn1cc(N2C(=O)[C@@]3(Cc4ccc(C(=O)O)cc4C3)c3ccc(Cl)cc32)cn1. The molecule has 1 aliphatic heterocycles. The van der Waals surface area contributed by atoms with Crippen LogP contribution in [0, 0.1) is 0 Å². The van der Waals surface area contributed by atoms with Gasteiger partial charge in [0.25, 0.3) is 0 Å². The fourth-order valence-corrected chi connectivity index (χ4v) is 4.93. The normalized spacial score (nSPS) is 19.4. The maximum Gasteiger partial charge on any atom is 0.335 e. The minimum absolute atomic E-state index is 0.0242. The highest BCUT2D eigenvalue weighted by Crippen LogP contribution is 2.52. The molecule has 0 bridgehead atoms. The molecule has 2 heterocycles. The van der Waals surface area contributed by atoms with Gasteiger partial charge in [0.1, 0.15) is 0 Å². The summed E-state index contributed by atoms with van der Waals surface area (Å²) in [5.74, 6) is -0.988. The maximum atomic E-state index is 13.9. The number of rotatable bonds is 4. The summed E-state index contributed by atoms with van der Waals surface area (Å²) in [5, 5.41) is 14.3. The van der Waals surface area contributed by atoms with Crippen LogP contribution in [-0.4, -0.2) is 26.8 Å². The molecule has 0 saturated carbocycles. The third-order valence-corrected chi connectivity index (χ3v) is 6.33. The van der Waals surface area contributed by atoms with Gasteiger partial charge in [-0.05, 0) is 60.2 Å². The standard InChI is InChI=1S/C23H20ClN3O3/c1-2-7-26-13-18(12-25-26)27-20-9-17(24)5-6-19(20)23(22(27)30)10-15-4-3-14(21(28)29)8-16(15)11-23/h3-6,8-9,12-13H,2,7,10-11H2,1H3,(H,28,29)/t23-/m1/s1. The molecule has 0 radical (unpaired) electrons. The summed E-state index contributed by atoms with van der Waals surface area (Å²) in [6.45, 7) is 2.85. The van der Waals surface area contributed by atoms with Gasteiger partial charge in [-0.2, -0.15) is 5.10 Å². The van der Waals surface area contributed by atoms with E-state index in [0.29, 0.717) is 17.9 Å². The smallest absolute Gasteiger partial charge is 0.335 e. The minimum Gasteiger partial charge on any atom is -0.478 e. The fourth-order valence-electron chi connectivity index (χ4n) is 4.76. The van der Waals surface area contributed by atoms with Crippen molar-refractivity contribution in [3.63, 3.8) is 0 Å². The van der Waals surface area contributed by atoms with Crippen LogP contribution in [0.2, 0.25) is 5.02 Å². The molecule has 3 aromatic rings. The van der Waals surface area contributed by atoms with Crippen LogP contribution in [-0.2, 0) is 29.6 Å². The van der Waals surface area contributed by atoms with Gasteiger partial charge in [-0.25, -0.2) is 4.79 Å². The molecule has 1 spiro atoms. The molecule has 30 heavy (non-hydrogen) atoms. The highest BCUT2D eigenvalue weighted by molar-refractivity contribution is 6.31. The number of carboxylic acid groups (broad SMARTS) is 1. The third-order valence-electron chi connectivity index (χ3n) is 6.10. The molecule has 6 nitrogen and oxygen atoms in total. The lowest BCUT2D eigenvalue weighted by atomic mass is 9.79. The van der Waals surface area contributed by atoms with Crippen molar-refractivity contribution in [2.75, 3.05) is 4.90 Å². The first kappa shape index (κ1) is 18.9. The van der Waals surface area contributed by atoms with Crippen LogP contribution in [0.1, 0.15) is 40.4 Å². The number of hydrogen-bond acceptors (Lipinski definition) is 3. The first-order valence-electron chi connectivity index (χ1n) is 9.95. The lowest BCUT2D eigenvalue weighted by Gasteiger charge is -2.23. The van der Waals surface area contributed by atoms with Gasteiger partial charge in [-0.1, -0.05) is 30.7 Å². The number of amides is 1. The Hall–Kier alpha value is -3.12. The Bertz CT molecular complexity index is 1200. The number of carbonyl (C=O) groups excluding carboxylic acids is 1. The van der Waals surface area contributed by atoms with Gasteiger partial charge >= 0.3 is 5.97 Å². The molecule has 2 aliphatic rings. The number of aromatic nitrogens is 2. The number of carboxylic acids is 1. The largest absolute Gasteiger partial charge is 0.478 e. The number of fused-ring (bicyclic) bond motifs is 3. The van der Waals surface area contributed by atoms with Gasteiger partial charge < -0.3 is 5.11 Å². The maximum absolute atomic E-state index is 13.9. The predicted octanol–water partition coefficient (Wildman–Crippen LogP) is 4.36. The average Bonchev–Trinajstić information content (AvgIpc) is 3.38. The second-order valence-corrected chi connectivity index (χ2v) is 8.42. The Kier molecular flexibility index (Phi) is 4.22. The molecule has 0 fully saturated rings. The van der Waals surface area contributed by atoms with E-state index in [0.717, 1.165) is 41.0 Å². The van der Waals surface area contributed by atoms with E-state index < -0.39 is 11.4 Å². The van der Waals surface area contributed by atoms with Crippen LogP contribution < -0.4 is 4.90 Å². The van der Waals surface area contributed by atoms with Gasteiger partial charge in [0.05, 0.1) is 28.6 Å². The van der Waals surface area contributed by atoms with Crippen molar-refractivity contribution < 1.29 is 14.7 Å². The number of aryl methyl sites for hydroxylation is 1. The first-order valence-corrected chi connectivity index (χ1v) is 10.3. The number of benzene rings is 2. The lowest BCUT2D eigenvalue weighted by Crippen LogP contribution is -2.39. The third kappa shape index (κ3) is 2.67. The van der Waals surface area contributed by atoms with Gasteiger partial charge in [0.2, 0.25) is 5.91 Å². The molecule has 5 rings (SSSR count). The predicted molar refractivity (Wildman–Crippen MR) is 114 cm³/mol. The molecule has 0 unspecified atom stereocenters. The molecule has 152 valence electrons. The Morgan fingerprint density at radius 1 is 1.20 bits per heavy atom. The van der Waals surface area contributed by atoms with Crippen molar-refractivity contribution in [2.24, 2.45) is 0 Å². The number of hydrogen-bond donors (Lipinski definition) is 1. The van der Waals surface area contributed by atoms with Crippen molar-refractivity contribution >= 4 is 34.9 Å². The van der Waals surface area contributed by atoms with Crippen LogP contribution in [0.5, 0.6) is 0 Å². The Morgan fingerprint density at radius 3 is 2.77 bits per heavy atom. The van der Waals surface area contributed by atoms with E-state index in [9.17, 15) is 14.7 Å². The first-order chi connectivity index (χ1) is 14.4. The average molecular weight is 422 g/mol. The zero-order valence-corrected chi connectivity index (χ0v) is 17.2. The van der Waals surface area contributed by atoms with Crippen LogP contribution in [0.3, 0.4) is 0 Å². The van der Waals surface area contributed by atoms with Gasteiger partial charge in [-0.15, -0.1) is 0 Å². The molecule has 0 saturated heterocycles. The zero-order chi connectivity index (χ0) is 21.0. The highest BCUT2D eigenvalue weighted by Gasteiger charge is 2.54. The number of aromatic carboxylic acids is 1. The molecule has 7 heteroatoms. The van der Waals surface area contributed by atoms with E-state index in [-0.39, 0.29) is 11.5 Å². The molecular formula is C23H20ClN3O3. The van der Waals surface area contributed by atoms with E-state index >= 15 is 0 Å². The van der Waals surface area contributed by atoms with E-state index in [2.05, 4.69) is 12.0 Å². The minimum atomic E-state index is -0.964. The summed E-state index contributed by atoms with van der Waals surface area (Å²) in [4.78, 5) is 27.0. The number of halogens is 1. The Balaban J connectivity index is 1.62. The second kappa shape index (κ2) is 6.71. The zero-order valence-electron chi connectivity index (χ0n) is 16.4. The summed E-state index contributed by atoms with van der Waals surface area (Å²) in [6, 6.07) is 10.7. The Labute approximate surface area is 178 Å². The fraction of sp³-hybridized carbons (Fsp3) is 0.261. The van der Waals surface area contributed by atoms with E-state index in [1.807, 2.05) is 35.1 Å². The van der Waals surface area contributed by atoms with E-state index in [4.69, 9.17) is 11.6 Å². The van der Waals surface area contributed by atoms with Crippen molar-refractivity contribution in [1.82, 2.24) is 9.78 Å². The lowest BCUT2D eigenvalue weighted by molar-refractivity contribution is -0.122. The molecule has 1 N–H and O–H groups in total. The summed E-state index contributed by atoms with van der Waals surface area (Å²) in [6.07, 6.45) is 5.55. The van der Waals surface area contributed by atoms with E-state index in [1.165, 1.54) is 0 Å². The van der Waals surface area contributed by atoms with Crippen molar-refractivity contribution in [2.45, 2.75) is 38.1 Å². The monoisotopic (exact) mass is 421 g/mol. The van der Waals surface area contributed by atoms with Gasteiger partial charge in [0, 0.05) is 17.8 Å². The van der Waals surface area contributed by atoms with Gasteiger partial charge in [-0.3, -0.25) is 14.4 Å². The summed E-state index contributed by atoms with van der Waals surface area (Å²) < 4.78 is 1.83. The number of nitrogens with zero attached hydrogens (tertiary/aromatic N) is 3. The van der Waals surface area contributed by atoms with Crippen LogP contribution in [0.25, 0.3) is 0 Å². The molecule has 1 aliphatic carbocycles. The Morgan fingerprint density at radius 2 is 2.00 bits per heavy atom. The second-order valence-electron chi connectivity index (χ2n) is 7.99. The summed E-state index contributed by atoms with van der Waals surface area (Å²) in [7, 11) is 0. The number of carbonyl (C=O) groups is 2. The quantitative estimate of drug-likeness (QED) is 0.679. The molecule has 1 aromatic heterocycles. The number of anilines is 2. The molecule has 1 amide bonds. The summed E-state index contributed by atoms with van der Waals surface area (Å²) >= 11 is 6.29. The highest BCUT2D eigenvalue weighted by atomic mass is 35.5. The van der Waals surface area contributed by atoms with E-state index in [1.54, 1.807) is 23.2 Å². The molecule has 1 atom stereocenters. The molecule has 2 aromatic carbocycles. The van der Waals surface area contributed by atoms with Crippen molar-refractivity contribution in [1.29, 1.82) is 0 Å². The summed E-state index contributed by atoms with van der Waals surface area (Å²) in [5.41, 5.74) is 3.82. The van der Waals surface area contributed by atoms with Crippen molar-refractivity contribution in [3.05, 3.63) is 76.1 Å². The van der Waals surface area contributed by atoms with Crippen molar-refractivity contribution in [3.8, 4) is 0 Å². The van der Waals surface area contributed by atoms with Crippen LogP contribution in [0.15, 0.2) is 48.8 Å². The van der Waals surface area contributed by atoms with Crippen LogP contribution >= 0.6 is 11.6 Å². The van der Waals surface area contributed by atoms with Crippen LogP contribution in [0.4, 0.5) is 11.4 Å². The molecular weight excluding hydrogens is 402 g/mol.